The fraction of sp³-hybridized carbons (Fsp3) is 0.292. The molecule has 0 amide bonds. The van der Waals surface area contributed by atoms with E-state index >= 15 is 0 Å². The number of H-pyrrole nitrogens is 1. The Kier molecular flexibility index (Phi) is 4.01. The second-order valence-electron chi connectivity index (χ2n) is 8.71. The number of hydrogen-bond acceptors (Lipinski definition) is 2. The Morgan fingerprint density at radius 1 is 1.18 bits per heavy atom. The molecule has 1 unspecified atom stereocenters. The van der Waals surface area contributed by atoms with Gasteiger partial charge in [-0.1, -0.05) is 55.8 Å². The zero-order valence-corrected chi connectivity index (χ0v) is 16.8. The summed E-state index contributed by atoms with van der Waals surface area (Å²) in [6.45, 7) is 4.41. The third-order valence-corrected chi connectivity index (χ3v) is 6.07. The van der Waals surface area contributed by atoms with Crippen molar-refractivity contribution < 1.29 is 5.11 Å². The van der Waals surface area contributed by atoms with Gasteiger partial charge in [-0.2, -0.15) is 0 Å². The van der Waals surface area contributed by atoms with E-state index in [1.807, 2.05) is 24.3 Å². The molecular formula is C24H23ClN2O. The molecule has 0 saturated carbocycles. The number of nitrogens with one attached hydrogen (secondary N) is 1. The van der Waals surface area contributed by atoms with E-state index in [-0.39, 0.29) is 5.41 Å². The van der Waals surface area contributed by atoms with Gasteiger partial charge in [-0.05, 0) is 42.0 Å². The third kappa shape index (κ3) is 2.90. The summed E-state index contributed by atoms with van der Waals surface area (Å²) in [6.07, 6.45) is 1.84. The largest absolute Gasteiger partial charge is 0.388 e. The van der Waals surface area contributed by atoms with E-state index in [2.05, 4.69) is 43.1 Å². The molecule has 0 aliphatic heterocycles. The summed E-state index contributed by atoms with van der Waals surface area (Å²) in [5.74, 6) is 0. The molecule has 2 aromatic carbocycles. The van der Waals surface area contributed by atoms with Crippen molar-refractivity contribution in [1.82, 2.24) is 9.97 Å². The second kappa shape index (κ2) is 6.33. The number of hydrogen-bond donors (Lipinski definition) is 2. The summed E-state index contributed by atoms with van der Waals surface area (Å²) in [7, 11) is 0. The van der Waals surface area contributed by atoms with E-state index in [4.69, 9.17) is 16.6 Å². The fourth-order valence-electron chi connectivity index (χ4n) is 4.67. The fourth-order valence-corrected chi connectivity index (χ4v) is 4.89. The van der Waals surface area contributed by atoms with Crippen molar-refractivity contribution in [2.75, 3.05) is 0 Å². The first-order chi connectivity index (χ1) is 13.4. The van der Waals surface area contributed by atoms with Gasteiger partial charge in [0.05, 0.1) is 17.3 Å². The maximum atomic E-state index is 11.0. The molecule has 4 heteroatoms. The molecule has 2 aromatic heterocycles. The number of rotatable bonds is 2. The molecule has 1 aliphatic carbocycles. The van der Waals surface area contributed by atoms with Crippen LogP contribution >= 0.6 is 11.6 Å². The Morgan fingerprint density at radius 2 is 2.00 bits per heavy atom. The average molecular weight is 391 g/mol. The minimum atomic E-state index is -0.492. The summed E-state index contributed by atoms with van der Waals surface area (Å²) < 4.78 is 0. The number of benzene rings is 2. The number of aromatic amines is 1. The Morgan fingerprint density at radius 3 is 2.82 bits per heavy atom. The first-order valence-electron chi connectivity index (χ1n) is 9.76. The molecule has 0 radical (unpaired) electrons. The van der Waals surface area contributed by atoms with Crippen molar-refractivity contribution in [3.05, 3.63) is 76.1 Å². The van der Waals surface area contributed by atoms with Crippen LogP contribution < -0.4 is 0 Å². The van der Waals surface area contributed by atoms with E-state index in [9.17, 15) is 5.11 Å². The van der Waals surface area contributed by atoms with Crippen LogP contribution in [0.3, 0.4) is 0 Å². The van der Waals surface area contributed by atoms with Crippen LogP contribution in [-0.2, 0) is 12.8 Å². The molecule has 2 N–H and O–H groups in total. The summed E-state index contributed by atoms with van der Waals surface area (Å²) in [6, 6.07) is 16.3. The maximum absolute atomic E-state index is 11.0. The molecule has 2 heterocycles. The smallest absolute Gasteiger partial charge is 0.0819 e. The van der Waals surface area contributed by atoms with Crippen molar-refractivity contribution in [2.24, 2.45) is 5.41 Å². The number of aliphatic hydroxyl groups is 1. The van der Waals surface area contributed by atoms with Crippen molar-refractivity contribution in [1.29, 1.82) is 0 Å². The lowest BCUT2D eigenvalue weighted by Crippen LogP contribution is -2.27. The first-order valence-corrected chi connectivity index (χ1v) is 10.1. The monoisotopic (exact) mass is 390 g/mol. The first kappa shape index (κ1) is 17.7. The highest BCUT2D eigenvalue weighted by Crippen LogP contribution is 2.45. The zero-order chi connectivity index (χ0) is 19.5. The van der Waals surface area contributed by atoms with Gasteiger partial charge in [-0.15, -0.1) is 0 Å². The lowest BCUT2D eigenvalue weighted by atomic mass is 9.74. The topological polar surface area (TPSA) is 48.9 Å². The molecule has 5 rings (SSSR count). The number of aliphatic hydroxyl groups excluding tert-OH is 1. The van der Waals surface area contributed by atoms with E-state index in [1.165, 1.54) is 0 Å². The van der Waals surface area contributed by atoms with Crippen LogP contribution in [0.1, 0.15) is 48.9 Å². The molecule has 0 spiro atoms. The van der Waals surface area contributed by atoms with E-state index in [0.717, 1.165) is 62.2 Å². The predicted molar refractivity (Wildman–Crippen MR) is 115 cm³/mol. The molecule has 1 aliphatic rings. The number of halogens is 1. The van der Waals surface area contributed by atoms with Crippen LogP contribution in [0, 0.1) is 5.41 Å². The van der Waals surface area contributed by atoms with Crippen LogP contribution in [0.15, 0.2) is 48.5 Å². The van der Waals surface area contributed by atoms with Gasteiger partial charge in [0.2, 0.25) is 0 Å². The minimum absolute atomic E-state index is 0.0343. The Bertz CT molecular complexity index is 1210. The molecule has 1 atom stereocenters. The quantitative estimate of drug-likeness (QED) is 0.443. The number of pyridine rings is 1. The molecule has 0 bridgehead atoms. The SMILES string of the molecule is CC1(C)Cc2nc(Cc3cccc(Cl)c3)c3[nH]c4ccccc4c3c2C(O)C1. The molecular weight excluding hydrogens is 368 g/mol. The Hall–Kier alpha value is -2.36. The van der Waals surface area contributed by atoms with E-state index in [0.29, 0.717) is 6.42 Å². The van der Waals surface area contributed by atoms with Crippen LogP contribution in [0.5, 0.6) is 0 Å². The van der Waals surface area contributed by atoms with Crippen LogP contribution in [-0.4, -0.2) is 15.1 Å². The average Bonchev–Trinajstić information content (AvgIpc) is 3.00. The number of para-hydroxylation sites is 1. The zero-order valence-electron chi connectivity index (χ0n) is 16.1. The maximum Gasteiger partial charge on any atom is 0.0819 e. The molecule has 3 nitrogen and oxygen atoms in total. The van der Waals surface area contributed by atoms with Crippen LogP contribution in [0.2, 0.25) is 5.02 Å². The van der Waals surface area contributed by atoms with Gasteiger partial charge < -0.3 is 10.1 Å². The Labute approximate surface area is 169 Å². The number of nitrogens with zero attached hydrogens (tertiary/aromatic N) is 1. The molecule has 0 saturated heterocycles. The van der Waals surface area contributed by atoms with Gasteiger partial charge in [0.1, 0.15) is 0 Å². The highest BCUT2D eigenvalue weighted by atomic mass is 35.5. The third-order valence-electron chi connectivity index (χ3n) is 5.83. The highest BCUT2D eigenvalue weighted by Gasteiger charge is 2.35. The van der Waals surface area contributed by atoms with Crippen molar-refractivity contribution >= 4 is 33.4 Å². The summed E-state index contributed by atoms with van der Waals surface area (Å²) in [5, 5.41) is 14.0. The number of fused-ring (bicyclic) bond motifs is 5. The minimum Gasteiger partial charge on any atom is -0.388 e. The lowest BCUT2D eigenvalue weighted by molar-refractivity contribution is 0.0997. The predicted octanol–water partition coefficient (Wildman–Crippen LogP) is 5.97. The van der Waals surface area contributed by atoms with Crippen LogP contribution in [0.25, 0.3) is 21.8 Å². The van der Waals surface area contributed by atoms with Gasteiger partial charge in [0, 0.05) is 39.0 Å². The molecule has 0 fully saturated rings. The Balaban J connectivity index is 1.80. The summed E-state index contributed by atoms with van der Waals surface area (Å²) in [4.78, 5) is 8.64. The molecule has 4 aromatic rings. The van der Waals surface area contributed by atoms with Crippen molar-refractivity contribution in [3.8, 4) is 0 Å². The van der Waals surface area contributed by atoms with Gasteiger partial charge in [0.15, 0.2) is 0 Å². The second-order valence-corrected chi connectivity index (χ2v) is 9.14. The van der Waals surface area contributed by atoms with Crippen molar-refractivity contribution in [2.45, 2.75) is 39.2 Å². The summed E-state index contributed by atoms with van der Waals surface area (Å²) in [5.41, 5.74) is 6.31. The van der Waals surface area contributed by atoms with E-state index in [1.54, 1.807) is 0 Å². The summed E-state index contributed by atoms with van der Waals surface area (Å²) >= 11 is 6.20. The molecule has 28 heavy (non-hydrogen) atoms. The van der Waals surface area contributed by atoms with Gasteiger partial charge in [-0.3, -0.25) is 4.98 Å². The van der Waals surface area contributed by atoms with Crippen LogP contribution in [0.4, 0.5) is 0 Å². The number of aromatic nitrogens is 2. The van der Waals surface area contributed by atoms with Crippen molar-refractivity contribution in [3.63, 3.8) is 0 Å². The lowest BCUT2D eigenvalue weighted by Gasteiger charge is -2.34. The van der Waals surface area contributed by atoms with Gasteiger partial charge in [0.25, 0.3) is 0 Å². The standard InChI is InChI=1S/C24H23ClN2O/c1-24(2)12-19-22(20(28)13-24)21-16-8-3-4-9-17(16)27-23(21)18(26-19)11-14-6-5-7-15(25)10-14/h3-10,20,27-28H,11-13H2,1-2H3. The van der Waals surface area contributed by atoms with Gasteiger partial charge in [-0.25, -0.2) is 0 Å². The van der Waals surface area contributed by atoms with E-state index < -0.39 is 6.10 Å². The normalized spacial score (nSPS) is 18.5. The highest BCUT2D eigenvalue weighted by molar-refractivity contribution is 6.30. The van der Waals surface area contributed by atoms with Gasteiger partial charge >= 0.3 is 0 Å². The molecule has 142 valence electrons.